The molecule has 4 nitrogen and oxygen atoms in total. The van der Waals surface area contributed by atoms with Gasteiger partial charge in [0.05, 0.1) is 12.3 Å². The van der Waals surface area contributed by atoms with E-state index in [4.69, 9.17) is 4.74 Å². The van der Waals surface area contributed by atoms with Crippen molar-refractivity contribution in [2.45, 2.75) is 19.6 Å². The molecule has 5 heteroatoms. The average molecular weight is 362 g/mol. The Morgan fingerprint density at radius 1 is 1.27 bits per heavy atom. The van der Waals surface area contributed by atoms with E-state index >= 15 is 0 Å². The summed E-state index contributed by atoms with van der Waals surface area (Å²) in [5.74, 6) is 0. The van der Waals surface area contributed by atoms with Crippen molar-refractivity contribution in [3.8, 4) is 0 Å². The maximum Gasteiger partial charge on any atom is 0.414 e. The molecule has 1 amide bonds. The van der Waals surface area contributed by atoms with Gasteiger partial charge in [-0.25, -0.2) is 4.79 Å². The summed E-state index contributed by atoms with van der Waals surface area (Å²) in [6.07, 6.45) is 0.378. The minimum atomic E-state index is -0.357. The zero-order valence-corrected chi connectivity index (χ0v) is 13.5. The Morgan fingerprint density at radius 3 is 2.77 bits per heavy atom. The van der Waals surface area contributed by atoms with Gasteiger partial charge in [0.15, 0.2) is 0 Å². The van der Waals surface area contributed by atoms with E-state index in [1.807, 2.05) is 42.5 Å². The molecule has 0 aromatic heterocycles. The second kappa shape index (κ2) is 6.50. The molecule has 22 heavy (non-hydrogen) atoms. The molecule has 2 aromatic carbocycles. The number of rotatable bonds is 3. The number of carbonyl (C=O) groups is 1. The number of fused-ring (bicyclic) bond motifs is 1. The van der Waals surface area contributed by atoms with Gasteiger partial charge in [-0.05, 0) is 35.2 Å². The molecule has 1 N–H and O–H groups in total. The number of halogens is 1. The highest BCUT2D eigenvalue weighted by molar-refractivity contribution is 9.10. The first-order valence-electron chi connectivity index (χ1n) is 7.09. The molecule has 3 rings (SSSR count). The summed E-state index contributed by atoms with van der Waals surface area (Å²) in [7, 11) is 0. The van der Waals surface area contributed by atoms with Crippen LogP contribution in [0, 0.1) is 0 Å². The number of anilines is 1. The number of hydrogen-bond acceptors (Lipinski definition) is 3. The zero-order valence-electron chi connectivity index (χ0n) is 12.0. The van der Waals surface area contributed by atoms with Gasteiger partial charge in [0.25, 0.3) is 0 Å². The topological polar surface area (TPSA) is 49.8 Å². The average Bonchev–Trinajstić information content (AvgIpc) is 2.96. The molecule has 0 saturated heterocycles. The van der Waals surface area contributed by atoms with Crippen molar-refractivity contribution >= 4 is 27.7 Å². The van der Waals surface area contributed by atoms with Gasteiger partial charge in [0, 0.05) is 11.0 Å². The molecule has 114 valence electrons. The first-order chi connectivity index (χ1) is 10.7. The molecule has 0 atom stereocenters. The van der Waals surface area contributed by atoms with Crippen LogP contribution in [0.5, 0.6) is 0 Å². The Hall–Kier alpha value is -1.85. The molecule has 0 spiro atoms. The van der Waals surface area contributed by atoms with Gasteiger partial charge >= 0.3 is 6.09 Å². The van der Waals surface area contributed by atoms with E-state index in [0.29, 0.717) is 6.54 Å². The number of hydrogen-bond donors (Lipinski definition) is 1. The molecule has 2 aromatic rings. The number of benzene rings is 2. The lowest BCUT2D eigenvalue weighted by Gasteiger charge is -2.18. The van der Waals surface area contributed by atoms with Crippen LogP contribution < -0.4 is 4.90 Å². The van der Waals surface area contributed by atoms with Crippen molar-refractivity contribution < 1.29 is 14.6 Å². The summed E-state index contributed by atoms with van der Waals surface area (Å²) in [6.45, 7) is 0.799. The van der Waals surface area contributed by atoms with Crippen LogP contribution in [0.2, 0.25) is 0 Å². The van der Waals surface area contributed by atoms with Crippen LogP contribution in [-0.2, 0) is 24.4 Å². The third-order valence-corrected chi connectivity index (χ3v) is 4.21. The van der Waals surface area contributed by atoms with Crippen LogP contribution in [0.15, 0.2) is 46.9 Å². The Bertz CT molecular complexity index is 688. The van der Waals surface area contributed by atoms with E-state index in [2.05, 4.69) is 15.9 Å². The maximum atomic E-state index is 12.3. The van der Waals surface area contributed by atoms with E-state index in [1.54, 1.807) is 4.90 Å². The SMILES string of the molecule is O=C(OCc1ccccc1)N1CCc2c(CO)cc(Br)cc21. The first kappa shape index (κ1) is 15.1. The highest BCUT2D eigenvalue weighted by atomic mass is 79.9. The number of carbonyl (C=O) groups excluding carboxylic acids is 1. The third kappa shape index (κ3) is 3.00. The number of aliphatic hydroxyl groups excluding tert-OH is 1. The summed E-state index contributed by atoms with van der Waals surface area (Å²) in [5.41, 5.74) is 3.64. The van der Waals surface area contributed by atoms with Gasteiger partial charge in [-0.2, -0.15) is 0 Å². The predicted molar refractivity (Wildman–Crippen MR) is 87.7 cm³/mol. The van der Waals surface area contributed by atoms with E-state index in [9.17, 15) is 9.90 Å². The fourth-order valence-corrected chi connectivity index (χ4v) is 3.17. The number of nitrogens with zero attached hydrogens (tertiary/aromatic N) is 1. The van der Waals surface area contributed by atoms with Crippen molar-refractivity contribution in [3.63, 3.8) is 0 Å². The molecule has 1 heterocycles. The molecule has 0 unspecified atom stereocenters. The van der Waals surface area contributed by atoms with Gasteiger partial charge in [0.2, 0.25) is 0 Å². The van der Waals surface area contributed by atoms with Crippen molar-refractivity contribution in [2.75, 3.05) is 11.4 Å². The molecule has 0 fully saturated rings. The summed E-state index contributed by atoms with van der Waals surface area (Å²) in [4.78, 5) is 13.9. The monoisotopic (exact) mass is 361 g/mol. The Kier molecular flexibility index (Phi) is 4.45. The predicted octanol–water partition coefficient (Wildman–Crippen LogP) is 3.64. The van der Waals surface area contributed by atoms with Crippen LogP contribution in [0.4, 0.5) is 10.5 Å². The zero-order chi connectivity index (χ0) is 15.5. The smallest absolute Gasteiger partial charge is 0.414 e. The van der Waals surface area contributed by atoms with Gasteiger partial charge in [-0.1, -0.05) is 46.3 Å². The summed E-state index contributed by atoms with van der Waals surface area (Å²) in [5, 5.41) is 9.45. The van der Waals surface area contributed by atoms with Crippen molar-refractivity contribution in [3.05, 3.63) is 63.6 Å². The van der Waals surface area contributed by atoms with Crippen LogP contribution >= 0.6 is 15.9 Å². The normalized spacial score (nSPS) is 13.1. The standard InChI is InChI=1S/C17H16BrNO3/c18-14-8-13(10-20)15-6-7-19(16(15)9-14)17(21)22-11-12-4-2-1-3-5-12/h1-5,8-9,20H,6-7,10-11H2. The van der Waals surface area contributed by atoms with Crippen molar-refractivity contribution in [1.29, 1.82) is 0 Å². The van der Waals surface area contributed by atoms with Crippen LogP contribution in [0.25, 0.3) is 0 Å². The number of aliphatic hydroxyl groups is 1. The van der Waals surface area contributed by atoms with Gasteiger partial charge in [0.1, 0.15) is 6.61 Å². The lowest BCUT2D eigenvalue weighted by atomic mass is 10.1. The van der Waals surface area contributed by atoms with E-state index in [-0.39, 0.29) is 19.3 Å². The first-order valence-corrected chi connectivity index (χ1v) is 7.88. The van der Waals surface area contributed by atoms with E-state index < -0.39 is 0 Å². The van der Waals surface area contributed by atoms with E-state index in [1.165, 1.54) is 0 Å². The Labute approximate surface area is 137 Å². The molecule has 0 radical (unpaired) electrons. The minimum Gasteiger partial charge on any atom is -0.444 e. The van der Waals surface area contributed by atoms with Crippen LogP contribution in [0.1, 0.15) is 16.7 Å². The number of ether oxygens (including phenoxy) is 1. The fraction of sp³-hybridized carbons (Fsp3) is 0.235. The maximum absolute atomic E-state index is 12.3. The molecular weight excluding hydrogens is 346 g/mol. The summed E-state index contributed by atoms with van der Waals surface area (Å²) < 4.78 is 6.24. The lowest BCUT2D eigenvalue weighted by Crippen LogP contribution is -2.29. The second-order valence-electron chi connectivity index (χ2n) is 5.16. The highest BCUT2D eigenvalue weighted by Gasteiger charge is 2.28. The van der Waals surface area contributed by atoms with Gasteiger partial charge in [-0.3, -0.25) is 4.90 Å². The van der Waals surface area contributed by atoms with Crippen molar-refractivity contribution in [2.24, 2.45) is 0 Å². The largest absolute Gasteiger partial charge is 0.444 e. The van der Waals surface area contributed by atoms with Crippen LogP contribution in [0.3, 0.4) is 0 Å². The molecule has 0 saturated carbocycles. The summed E-state index contributed by atoms with van der Waals surface area (Å²) >= 11 is 3.42. The lowest BCUT2D eigenvalue weighted by molar-refractivity contribution is 0.147. The number of amides is 1. The fourth-order valence-electron chi connectivity index (χ4n) is 2.68. The molecule has 1 aliphatic heterocycles. The molecule has 0 aliphatic carbocycles. The molecular formula is C17H16BrNO3. The van der Waals surface area contributed by atoms with Gasteiger partial charge < -0.3 is 9.84 Å². The summed E-state index contributed by atoms with van der Waals surface area (Å²) in [6, 6.07) is 13.4. The van der Waals surface area contributed by atoms with Crippen LogP contribution in [-0.4, -0.2) is 17.7 Å². The highest BCUT2D eigenvalue weighted by Crippen LogP contribution is 2.34. The minimum absolute atomic E-state index is 0.0331. The quantitative estimate of drug-likeness (QED) is 0.907. The van der Waals surface area contributed by atoms with E-state index in [0.717, 1.165) is 33.3 Å². The molecule has 0 bridgehead atoms. The Balaban J connectivity index is 1.75. The van der Waals surface area contributed by atoms with Gasteiger partial charge in [-0.15, -0.1) is 0 Å². The Morgan fingerprint density at radius 2 is 2.05 bits per heavy atom. The second-order valence-corrected chi connectivity index (χ2v) is 6.08. The third-order valence-electron chi connectivity index (χ3n) is 3.76. The van der Waals surface area contributed by atoms with Crippen molar-refractivity contribution in [1.82, 2.24) is 0 Å². The molecule has 1 aliphatic rings.